The zero-order valence-corrected chi connectivity index (χ0v) is 15.2. The fraction of sp³-hybridized carbons (Fsp3) is 0.647. The van der Waals surface area contributed by atoms with Crippen molar-refractivity contribution in [2.24, 2.45) is 7.05 Å². The number of nitrogens with two attached hydrogens (primary N) is 1. The standard InChI is InChI=1S/C17H26N8O/c1-23-16(11-24-5-7-26-8-6-24)21-22-17(23)13-3-2-4-25(10-13)15-9-14(18)19-12-20-15/h9,12-13H,2-8,10-11H2,1H3,(H2,18,19,20)/t13-/m0/s1. The van der Waals surface area contributed by atoms with Gasteiger partial charge >= 0.3 is 0 Å². The zero-order chi connectivity index (χ0) is 17.9. The van der Waals surface area contributed by atoms with E-state index in [-0.39, 0.29) is 0 Å². The Morgan fingerprint density at radius 2 is 2.04 bits per heavy atom. The third-order valence-corrected chi connectivity index (χ3v) is 5.25. The lowest BCUT2D eigenvalue weighted by Gasteiger charge is -2.33. The normalized spacial score (nSPS) is 21.9. The summed E-state index contributed by atoms with van der Waals surface area (Å²) in [4.78, 5) is 13.0. The molecule has 140 valence electrons. The molecule has 0 spiro atoms. The third kappa shape index (κ3) is 3.63. The van der Waals surface area contributed by atoms with Crippen LogP contribution in [0.25, 0.3) is 0 Å². The van der Waals surface area contributed by atoms with Gasteiger partial charge in [0.05, 0.1) is 19.8 Å². The second-order valence-corrected chi connectivity index (χ2v) is 7.01. The van der Waals surface area contributed by atoms with Gasteiger partial charge in [-0.2, -0.15) is 0 Å². The van der Waals surface area contributed by atoms with E-state index in [2.05, 4.69) is 41.6 Å². The lowest BCUT2D eigenvalue weighted by molar-refractivity contribution is 0.0326. The number of ether oxygens (including phenoxy) is 1. The van der Waals surface area contributed by atoms with Crippen LogP contribution in [0.5, 0.6) is 0 Å². The van der Waals surface area contributed by atoms with E-state index in [1.165, 1.54) is 6.33 Å². The summed E-state index contributed by atoms with van der Waals surface area (Å²) in [6, 6.07) is 1.84. The first-order valence-electron chi connectivity index (χ1n) is 9.21. The summed E-state index contributed by atoms with van der Waals surface area (Å²) in [6.07, 6.45) is 3.73. The molecule has 4 rings (SSSR count). The van der Waals surface area contributed by atoms with Crippen molar-refractivity contribution in [1.82, 2.24) is 29.6 Å². The highest BCUT2D eigenvalue weighted by Gasteiger charge is 2.27. The quantitative estimate of drug-likeness (QED) is 0.839. The highest BCUT2D eigenvalue weighted by molar-refractivity contribution is 5.46. The molecule has 2 aromatic rings. The van der Waals surface area contributed by atoms with Crippen molar-refractivity contribution < 1.29 is 4.74 Å². The molecule has 0 aromatic carbocycles. The minimum Gasteiger partial charge on any atom is -0.384 e. The molecule has 4 heterocycles. The number of morpholine rings is 1. The summed E-state index contributed by atoms with van der Waals surface area (Å²) >= 11 is 0. The Hall–Kier alpha value is -2.26. The predicted molar refractivity (Wildman–Crippen MR) is 97.7 cm³/mol. The lowest BCUT2D eigenvalue weighted by Crippen LogP contribution is -2.37. The average molecular weight is 358 g/mol. The van der Waals surface area contributed by atoms with E-state index in [0.717, 1.165) is 76.2 Å². The van der Waals surface area contributed by atoms with E-state index in [1.54, 1.807) is 0 Å². The van der Waals surface area contributed by atoms with Crippen LogP contribution in [-0.2, 0) is 18.3 Å². The summed E-state index contributed by atoms with van der Waals surface area (Å²) in [5.41, 5.74) is 5.81. The van der Waals surface area contributed by atoms with Crippen LogP contribution < -0.4 is 10.6 Å². The fourth-order valence-electron chi connectivity index (χ4n) is 3.76. The molecule has 0 bridgehead atoms. The van der Waals surface area contributed by atoms with Gasteiger partial charge in [0, 0.05) is 45.2 Å². The number of anilines is 2. The molecule has 2 aromatic heterocycles. The molecule has 0 radical (unpaired) electrons. The highest BCUT2D eigenvalue weighted by Crippen LogP contribution is 2.28. The van der Waals surface area contributed by atoms with Crippen molar-refractivity contribution in [3.63, 3.8) is 0 Å². The van der Waals surface area contributed by atoms with Gasteiger partial charge in [0.15, 0.2) is 0 Å². The largest absolute Gasteiger partial charge is 0.384 e. The van der Waals surface area contributed by atoms with E-state index in [1.807, 2.05) is 6.07 Å². The second-order valence-electron chi connectivity index (χ2n) is 7.01. The lowest BCUT2D eigenvalue weighted by atomic mass is 9.97. The van der Waals surface area contributed by atoms with Crippen LogP contribution in [0.4, 0.5) is 11.6 Å². The number of hydrogen-bond acceptors (Lipinski definition) is 8. The van der Waals surface area contributed by atoms with Crippen LogP contribution in [0.2, 0.25) is 0 Å². The van der Waals surface area contributed by atoms with Gasteiger partial charge in [-0.15, -0.1) is 10.2 Å². The Morgan fingerprint density at radius 3 is 2.85 bits per heavy atom. The maximum absolute atomic E-state index is 5.81. The monoisotopic (exact) mass is 358 g/mol. The van der Waals surface area contributed by atoms with Crippen molar-refractivity contribution in [1.29, 1.82) is 0 Å². The van der Waals surface area contributed by atoms with Crippen molar-refractivity contribution in [3.8, 4) is 0 Å². The molecule has 2 aliphatic heterocycles. The van der Waals surface area contributed by atoms with Crippen LogP contribution in [-0.4, -0.2) is 69.0 Å². The summed E-state index contributed by atoms with van der Waals surface area (Å²) in [5, 5.41) is 8.98. The Balaban J connectivity index is 1.46. The van der Waals surface area contributed by atoms with Gasteiger partial charge in [0.2, 0.25) is 0 Å². The molecule has 9 heteroatoms. The number of nitrogens with zero attached hydrogens (tertiary/aromatic N) is 7. The maximum atomic E-state index is 5.81. The van der Waals surface area contributed by atoms with Gasteiger partial charge < -0.3 is 19.9 Å². The van der Waals surface area contributed by atoms with E-state index in [4.69, 9.17) is 10.5 Å². The Bertz CT molecular complexity index is 742. The molecule has 0 aliphatic carbocycles. The van der Waals surface area contributed by atoms with E-state index in [9.17, 15) is 0 Å². The Morgan fingerprint density at radius 1 is 1.19 bits per heavy atom. The molecule has 9 nitrogen and oxygen atoms in total. The fourth-order valence-corrected chi connectivity index (χ4v) is 3.76. The van der Waals surface area contributed by atoms with Gasteiger partial charge in [0.1, 0.15) is 29.6 Å². The van der Waals surface area contributed by atoms with Gasteiger partial charge in [-0.05, 0) is 12.8 Å². The first kappa shape index (κ1) is 17.2. The Kier molecular flexibility index (Phi) is 4.98. The molecular formula is C17H26N8O. The molecule has 26 heavy (non-hydrogen) atoms. The highest BCUT2D eigenvalue weighted by atomic mass is 16.5. The van der Waals surface area contributed by atoms with Crippen LogP contribution in [0, 0.1) is 0 Å². The van der Waals surface area contributed by atoms with E-state index >= 15 is 0 Å². The number of aromatic nitrogens is 5. The molecule has 0 saturated carbocycles. The van der Waals surface area contributed by atoms with E-state index in [0.29, 0.717) is 11.7 Å². The minimum absolute atomic E-state index is 0.343. The number of nitrogen functional groups attached to an aromatic ring is 1. The van der Waals surface area contributed by atoms with Crippen LogP contribution in [0.1, 0.15) is 30.4 Å². The summed E-state index contributed by atoms with van der Waals surface area (Å²) in [5.74, 6) is 3.81. The zero-order valence-electron chi connectivity index (χ0n) is 15.2. The molecule has 2 aliphatic rings. The topological polar surface area (TPSA) is 98.2 Å². The molecule has 0 amide bonds. The average Bonchev–Trinajstić information content (AvgIpc) is 3.03. The van der Waals surface area contributed by atoms with Crippen molar-refractivity contribution in [3.05, 3.63) is 24.0 Å². The summed E-state index contributed by atoms with van der Waals surface area (Å²) in [6.45, 7) is 6.18. The first-order chi connectivity index (χ1) is 12.7. The minimum atomic E-state index is 0.343. The van der Waals surface area contributed by atoms with Gasteiger partial charge in [0.25, 0.3) is 0 Å². The Labute approximate surface area is 153 Å². The summed E-state index contributed by atoms with van der Waals surface area (Å²) < 4.78 is 7.59. The molecule has 0 unspecified atom stereocenters. The predicted octanol–water partition coefficient (Wildman–Crippen LogP) is 0.404. The van der Waals surface area contributed by atoms with E-state index < -0.39 is 0 Å². The first-order valence-corrected chi connectivity index (χ1v) is 9.21. The maximum Gasteiger partial charge on any atom is 0.146 e. The van der Waals surface area contributed by atoms with Gasteiger partial charge in [-0.25, -0.2) is 9.97 Å². The SMILES string of the molecule is Cn1c(CN2CCOCC2)nnc1[C@H]1CCCN(c2cc(N)ncn2)C1. The number of piperidine rings is 1. The van der Waals surface area contributed by atoms with Gasteiger partial charge in [-0.3, -0.25) is 4.90 Å². The summed E-state index contributed by atoms with van der Waals surface area (Å²) in [7, 11) is 2.08. The molecule has 1 atom stereocenters. The molecule has 2 N–H and O–H groups in total. The van der Waals surface area contributed by atoms with Crippen LogP contribution in [0.3, 0.4) is 0 Å². The van der Waals surface area contributed by atoms with Crippen molar-refractivity contribution >= 4 is 11.6 Å². The number of rotatable bonds is 4. The van der Waals surface area contributed by atoms with Crippen molar-refractivity contribution in [2.75, 3.05) is 50.0 Å². The number of hydrogen-bond donors (Lipinski definition) is 1. The molecular weight excluding hydrogens is 332 g/mol. The van der Waals surface area contributed by atoms with Crippen LogP contribution in [0.15, 0.2) is 12.4 Å². The molecule has 2 saturated heterocycles. The van der Waals surface area contributed by atoms with Crippen LogP contribution >= 0.6 is 0 Å². The molecule has 2 fully saturated rings. The second kappa shape index (κ2) is 7.55. The van der Waals surface area contributed by atoms with Crippen molar-refractivity contribution in [2.45, 2.75) is 25.3 Å². The third-order valence-electron chi connectivity index (χ3n) is 5.25. The smallest absolute Gasteiger partial charge is 0.146 e. The van der Waals surface area contributed by atoms with Gasteiger partial charge in [-0.1, -0.05) is 0 Å².